The molecule has 8 heteroatoms. The molecule has 1 aliphatic heterocycles. The standard InChI is InChI=1S/C23H25N5O3/c1-16-4-6-21(17(2)12-16)25-23(29)19(15-24)13-18-14-20(28(30)31)5-7-22(18)27-10-8-26(3)9-11-27/h4-7,12-14H,8-11H2,1-3H3,(H,25,29)/b19-13+. The fourth-order valence-electron chi connectivity index (χ4n) is 3.55. The van der Waals surface area contributed by atoms with Gasteiger partial charge in [0.25, 0.3) is 11.6 Å². The van der Waals surface area contributed by atoms with E-state index in [1.54, 1.807) is 12.1 Å². The van der Waals surface area contributed by atoms with Crippen LogP contribution < -0.4 is 10.2 Å². The van der Waals surface area contributed by atoms with Crippen molar-refractivity contribution in [3.8, 4) is 6.07 Å². The number of piperazine rings is 1. The average Bonchev–Trinajstić information content (AvgIpc) is 2.74. The van der Waals surface area contributed by atoms with E-state index in [4.69, 9.17) is 0 Å². The summed E-state index contributed by atoms with van der Waals surface area (Å²) in [6, 6.07) is 12.1. The van der Waals surface area contributed by atoms with Crippen molar-refractivity contribution >= 4 is 29.0 Å². The Morgan fingerprint density at radius 2 is 1.87 bits per heavy atom. The minimum atomic E-state index is -0.551. The van der Waals surface area contributed by atoms with Crippen molar-refractivity contribution in [2.45, 2.75) is 13.8 Å². The Morgan fingerprint density at radius 1 is 1.16 bits per heavy atom. The minimum Gasteiger partial charge on any atom is -0.368 e. The van der Waals surface area contributed by atoms with Gasteiger partial charge in [-0.2, -0.15) is 5.26 Å². The van der Waals surface area contributed by atoms with Crippen LogP contribution in [0.3, 0.4) is 0 Å². The van der Waals surface area contributed by atoms with Gasteiger partial charge in [-0.3, -0.25) is 14.9 Å². The number of nitro benzene ring substituents is 1. The summed E-state index contributed by atoms with van der Waals surface area (Å²) in [4.78, 5) is 27.9. The monoisotopic (exact) mass is 419 g/mol. The number of nitro groups is 1. The fourth-order valence-corrected chi connectivity index (χ4v) is 3.55. The second-order valence-corrected chi connectivity index (χ2v) is 7.73. The lowest BCUT2D eigenvalue weighted by Crippen LogP contribution is -2.44. The van der Waals surface area contributed by atoms with Crippen LogP contribution in [0.1, 0.15) is 16.7 Å². The summed E-state index contributed by atoms with van der Waals surface area (Å²) >= 11 is 0. The first-order chi connectivity index (χ1) is 14.8. The highest BCUT2D eigenvalue weighted by Gasteiger charge is 2.20. The summed E-state index contributed by atoms with van der Waals surface area (Å²) in [5.41, 5.74) is 3.62. The zero-order valence-corrected chi connectivity index (χ0v) is 17.9. The molecule has 1 heterocycles. The summed E-state index contributed by atoms with van der Waals surface area (Å²) in [5.74, 6) is -0.551. The lowest BCUT2D eigenvalue weighted by Gasteiger charge is -2.34. The van der Waals surface area contributed by atoms with Gasteiger partial charge in [-0.05, 0) is 44.7 Å². The van der Waals surface area contributed by atoms with Crippen LogP contribution in [0.2, 0.25) is 0 Å². The summed E-state index contributed by atoms with van der Waals surface area (Å²) in [6.45, 7) is 7.07. The Morgan fingerprint density at radius 3 is 2.48 bits per heavy atom. The molecule has 0 saturated carbocycles. The fraction of sp³-hybridized carbons (Fsp3) is 0.304. The molecule has 160 valence electrons. The normalized spacial score (nSPS) is 14.8. The van der Waals surface area contributed by atoms with Crippen LogP contribution in [-0.2, 0) is 4.79 Å². The lowest BCUT2D eigenvalue weighted by molar-refractivity contribution is -0.384. The Balaban J connectivity index is 1.95. The van der Waals surface area contributed by atoms with Crippen LogP contribution in [0.25, 0.3) is 6.08 Å². The first-order valence-electron chi connectivity index (χ1n) is 10.0. The van der Waals surface area contributed by atoms with Crippen molar-refractivity contribution in [3.63, 3.8) is 0 Å². The molecular weight excluding hydrogens is 394 g/mol. The molecule has 1 fully saturated rings. The Kier molecular flexibility index (Phi) is 6.68. The number of carbonyl (C=O) groups is 1. The quantitative estimate of drug-likeness (QED) is 0.344. The van der Waals surface area contributed by atoms with Crippen LogP contribution in [0.4, 0.5) is 17.1 Å². The highest BCUT2D eigenvalue weighted by Crippen LogP contribution is 2.29. The maximum Gasteiger partial charge on any atom is 0.270 e. The van der Waals surface area contributed by atoms with Gasteiger partial charge in [0.15, 0.2) is 0 Å². The van der Waals surface area contributed by atoms with Gasteiger partial charge in [-0.1, -0.05) is 17.7 Å². The van der Waals surface area contributed by atoms with Gasteiger partial charge >= 0.3 is 0 Å². The number of rotatable bonds is 5. The van der Waals surface area contributed by atoms with E-state index in [2.05, 4.69) is 15.1 Å². The zero-order valence-electron chi connectivity index (χ0n) is 17.9. The molecule has 3 rings (SSSR count). The van der Waals surface area contributed by atoms with Gasteiger partial charge in [0.05, 0.1) is 4.92 Å². The predicted octanol–water partition coefficient (Wildman–Crippen LogP) is 3.51. The van der Waals surface area contributed by atoms with Crippen LogP contribution in [0.15, 0.2) is 42.0 Å². The molecule has 31 heavy (non-hydrogen) atoms. The number of carbonyl (C=O) groups excluding carboxylic acids is 1. The molecule has 0 unspecified atom stereocenters. The van der Waals surface area contributed by atoms with E-state index in [0.29, 0.717) is 11.3 Å². The topological polar surface area (TPSA) is 103 Å². The summed E-state index contributed by atoms with van der Waals surface area (Å²) in [6.07, 6.45) is 1.43. The van der Waals surface area contributed by atoms with Crippen molar-refractivity contribution in [2.24, 2.45) is 0 Å². The van der Waals surface area contributed by atoms with E-state index in [0.717, 1.165) is 43.0 Å². The highest BCUT2D eigenvalue weighted by atomic mass is 16.6. The second-order valence-electron chi connectivity index (χ2n) is 7.73. The number of likely N-dealkylation sites (N-methyl/N-ethyl adjacent to an activating group) is 1. The van der Waals surface area contributed by atoms with Crippen molar-refractivity contribution in [3.05, 3.63) is 68.8 Å². The number of aryl methyl sites for hydroxylation is 2. The van der Waals surface area contributed by atoms with Crippen molar-refractivity contribution < 1.29 is 9.72 Å². The SMILES string of the molecule is Cc1ccc(NC(=O)/C(C#N)=C/c2cc([N+](=O)[O-])ccc2N2CCN(C)CC2)c(C)c1. The first-order valence-corrected chi connectivity index (χ1v) is 10.0. The molecule has 0 aromatic heterocycles. The van der Waals surface area contributed by atoms with Crippen LogP contribution in [0.5, 0.6) is 0 Å². The molecule has 1 saturated heterocycles. The molecule has 1 N–H and O–H groups in total. The number of nitrogens with one attached hydrogen (secondary N) is 1. The molecule has 2 aromatic carbocycles. The van der Waals surface area contributed by atoms with E-state index in [1.807, 2.05) is 39.1 Å². The lowest BCUT2D eigenvalue weighted by atomic mass is 10.1. The second kappa shape index (κ2) is 9.41. The number of nitriles is 1. The number of anilines is 2. The van der Waals surface area contributed by atoms with E-state index in [9.17, 15) is 20.2 Å². The number of hydrogen-bond acceptors (Lipinski definition) is 6. The van der Waals surface area contributed by atoms with Crippen LogP contribution in [0, 0.1) is 35.3 Å². The Hall–Kier alpha value is -3.70. The maximum atomic E-state index is 12.8. The van der Waals surface area contributed by atoms with E-state index in [1.165, 1.54) is 18.2 Å². The van der Waals surface area contributed by atoms with Gasteiger partial charge in [0.2, 0.25) is 0 Å². The predicted molar refractivity (Wildman–Crippen MR) is 121 cm³/mol. The summed E-state index contributed by atoms with van der Waals surface area (Å²) < 4.78 is 0. The molecule has 1 amide bonds. The van der Waals surface area contributed by atoms with Crippen LogP contribution in [-0.4, -0.2) is 49.0 Å². The molecular formula is C23H25N5O3. The summed E-state index contributed by atoms with van der Waals surface area (Å²) in [5, 5.41) is 23.7. The molecule has 2 aromatic rings. The maximum absolute atomic E-state index is 12.8. The number of non-ortho nitro benzene ring substituents is 1. The zero-order chi connectivity index (χ0) is 22.5. The number of amides is 1. The third-order valence-corrected chi connectivity index (χ3v) is 5.36. The molecule has 0 radical (unpaired) electrons. The van der Waals surface area contributed by atoms with Gasteiger partial charge in [0, 0.05) is 55.2 Å². The average molecular weight is 419 g/mol. The van der Waals surface area contributed by atoms with Crippen molar-refractivity contribution in [1.29, 1.82) is 5.26 Å². The molecule has 0 atom stereocenters. The van der Waals surface area contributed by atoms with Crippen molar-refractivity contribution in [2.75, 3.05) is 43.4 Å². The van der Waals surface area contributed by atoms with Gasteiger partial charge in [-0.25, -0.2) is 0 Å². The molecule has 8 nitrogen and oxygen atoms in total. The molecule has 0 spiro atoms. The number of benzene rings is 2. The Labute approximate surface area is 181 Å². The molecule has 0 bridgehead atoms. The molecule has 1 aliphatic rings. The molecule has 0 aliphatic carbocycles. The van der Waals surface area contributed by atoms with Gasteiger partial charge < -0.3 is 15.1 Å². The van der Waals surface area contributed by atoms with E-state index >= 15 is 0 Å². The number of hydrogen-bond donors (Lipinski definition) is 1. The highest BCUT2D eigenvalue weighted by molar-refractivity contribution is 6.10. The summed E-state index contributed by atoms with van der Waals surface area (Å²) in [7, 11) is 2.04. The third kappa shape index (κ3) is 5.27. The Bertz CT molecular complexity index is 1080. The third-order valence-electron chi connectivity index (χ3n) is 5.36. The number of nitrogens with zero attached hydrogens (tertiary/aromatic N) is 4. The van der Waals surface area contributed by atoms with Crippen molar-refractivity contribution in [1.82, 2.24) is 4.90 Å². The van der Waals surface area contributed by atoms with Crippen LogP contribution >= 0.6 is 0 Å². The van der Waals surface area contributed by atoms with Gasteiger partial charge in [0.1, 0.15) is 11.6 Å². The van der Waals surface area contributed by atoms with E-state index in [-0.39, 0.29) is 11.3 Å². The minimum absolute atomic E-state index is 0.0868. The smallest absolute Gasteiger partial charge is 0.270 e. The van der Waals surface area contributed by atoms with Gasteiger partial charge in [-0.15, -0.1) is 0 Å². The first kappa shape index (κ1) is 22.0. The van der Waals surface area contributed by atoms with E-state index < -0.39 is 10.8 Å². The largest absolute Gasteiger partial charge is 0.368 e.